The van der Waals surface area contributed by atoms with Gasteiger partial charge in [0.05, 0.1) is 30.6 Å². The lowest BCUT2D eigenvalue weighted by Crippen LogP contribution is -2.51. The van der Waals surface area contributed by atoms with Gasteiger partial charge in [0, 0.05) is 43.7 Å². The van der Waals surface area contributed by atoms with Gasteiger partial charge in [0.25, 0.3) is 0 Å². The van der Waals surface area contributed by atoms with E-state index in [1.807, 2.05) is 57.1 Å². The number of carbonyl (C=O) groups is 4. The molecule has 2 aromatic heterocycles. The molecule has 7 rings (SSSR count). The minimum absolute atomic E-state index is 0.108. The van der Waals surface area contributed by atoms with E-state index in [2.05, 4.69) is 63.8 Å². The van der Waals surface area contributed by atoms with E-state index in [-0.39, 0.29) is 35.7 Å². The van der Waals surface area contributed by atoms with Crippen molar-refractivity contribution < 1.29 is 29.0 Å². The van der Waals surface area contributed by atoms with Gasteiger partial charge in [-0.3, -0.25) is 14.5 Å². The number of fused-ring (bicyclic) bond motifs is 1. The number of imidazole rings is 2. The molecule has 14 nitrogen and oxygen atoms in total. The van der Waals surface area contributed by atoms with E-state index < -0.39 is 24.3 Å². The van der Waals surface area contributed by atoms with Gasteiger partial charge < -0.3 is 34.9 Å². The molecule has 3 aromatic carbocycles. The number of methoxy groups -OCH3 is 1. The van der Waals surface area contributed by atoms with Crippen LogP contribution >= 0.6 is 0 Å². The van der Waals surface area contributed by atoms with E-state index in [0.717, 1.165) is 80.8 Å². The Hall–Kier alpha value is -6.18. The summed E-state index contributed by atoms with van der Waals surface area (Å²) < 4.78 is 4.76. The number of nitrogens with one attached hydrogen (secondary N) is 3. The molecule has 5 aromatic rings. The third kappa shape index (κ3) is 8.00. The van der Waals surface area contributed by atoms with Gasteiger partial charge in [-0.1, -0.05) is 76.2 Å². The van der Waals surface area contributed by atoms with Crippen LogP contribution in [0, 0.1) is 11.8 Å². The molecule has 4 atom stereocenters. The summed E-state index contributed by atoms with van der Waals surface area (Å²) in [6.07, 6.45) is 5.20. The van der Waals surface area contributed by atoms with Crippen LogP contribution in [0.15, 0.2) is 73.1 Å². The van der Waals surface area contributed by atoms with Crippen molar-refractivity contribution in [3.05, 3.63) is 84.7 Å². The first-order chi connectivity index (χ1) is 27.8. The van der Waals surface area contributed by atoms with Crippen molar-refractivity contribution in [2.24, 2.45) is 11.8 Å². The molecule has 0 radical (unpaired) electrons. The zero-order valence-corrected chi connectivity index (χ0v) is 33.9. The molecule has 0 saturated carbocycles. The second kappa shape index (κ2) is 16.7. The van der Waals surface area contributed by atoms with Crippen molar-refractivity contribution in [2.75, 3.05) is 27.2 Å². The Labute approximate surface area is 338 Å². The lowest BCUT2D eigenvalue weighted by molar-refractivity contribution is -0.138. The van der Waals surface area contributed by atoms with E-state index >= 15 is 0 Å². The van der Waals surface area contributed by atoms with E-state index in [1.165, 1.54) is 14.2 Å². The van der Waals surface area contributed by atoms with Crippen molar-refractivity contribution in [1.82, 2.24) is 40.0 Å². The number of aromatic nitrogens is 4. The third-order valence-electron chi connectivity index (χ3n) is 11.5. The van der Waals surface area contributed by atoms with Crippen molar-refractivity contribution in [1.29, 1.82) is 0 Å². The van der Waals surface area contributed by atoms with Crippen LogP contribution in [0.3, 0.4) is 0 Å². The SMILES string of the molecule is COC(=O)N[C@H](C(=O)N1CCC[C@H]1c1nc(-c2ccc3cc(-c4ccc(-c5c[nH]c([C@@H]6CCCN6C(=O)[C@H](C(C)C)N(C)C(=O)O)n5)cc4)ccc3c2)c[nH]1)C(C)C. The van der Waals surface area contributed by atoms with E-state index in [1.54, 1.807) is 4.90 Å². The largest absolute Gasteiger partial charge is 0.465 e. The normalized spacial score (nSPS) is 17.9. The van der Waals surface area contributed by atoms with Crippen LogP contribution in [-0.4, -0.2) is 103 Å². The fraction of sp³-hybridized carbons (Fsp3) is 0.409. The number of likely N-dealkylation sites (tertiary alicyclic amines) is 2. The maximum atomic E-state index is 13.6. The zero-order valence-electron chi connectivity index (χ0n) is 33.9. The second-order valence-corrected chi connectivity index (χ2v) is 16.0. The quantitative estimate of drug-likeness (QED) is 0.106. The molecular weight excluding hydrogens is 737 g/mol. The molecule has 0 bridgehead atoms. The molecule has 4 N–H and O–H groups in total. The number of carboxylic acid groups (broad SMARTS) is 1. The summed E-state index contributed by atoms with van der Waals surface area (Å²) in [4.78, 5) is 72.0. The van der Waals surface area contributed by atoms with Gasteiger partial charge in [-0.2, -0.15) is 0 Å². The first kappa shape index (κ1) is 40.0. The number of likely N-dealkylation sites (N-methyl/N-ethyl adjacent to an activating group) is 1. The number of aromatic amines is 2. The molecule has 2 aliphatic heterocycles. The molecule has 4 heterocycles. The number of amides is 4. The fourth-order valence-corrected chi connectivity index (χ4v) is 8.42. The Bertz CT molecular complexity index is 2300. The van der Waals surface area contributed by atoms with E-state index in [0.29, 0.717) is 18.9 Å². The Morgan fingerprint density at radius 1 is 0.741 bits per heavy atom. The number of rotatable bonds is 11. The van der Waals surface area contributed by atoms with E-state index in [9.17, 15) is 24.3 Å². The molecule has 4 amide bonds. The van der Waals surface area contributed by atoms with Crippen LogP contribution in [-0.2, 0) is 14.3 Å². The molecule has 304 valence electrons. The van der Waals surface area contributed by atoms with Gasteiger partial charge in [0.15, 0.2) is 0 Å². The molecule has 0 spiro atoms. The van der Waals surface area contributed by atoms with Crippen LogP contribution in [0.1, 0.15) is 77.1 Å². The monoisotopic (exact) mass is 788 g/mol. The summed E-state index contributed by atoms with van der Waals surface area (Å²) in [5, 5.41) is 14.5. The number of nitrogens with zero attached hydrogens (tertiary/aromatic N) is 5. The first-order valence-corrected chi connectivity index (χ1v) is 20.0. The summed E-state index contributed by atoms with van der Waals surface area (Å²) in [5.41, 5.74) is 5.62. The Balaban J connectivity index is 1.03. The average molecular weight is 789 g/mol. The predicted octanol–water partition coefficient (Wildman–Crippen LogP) is 7.63. The smallest absolute Gasteiger partial charge is 0.407 e. The van der Waals surface area contributed by atoms with Crippen molar-refractivity contribution >= 4 is 34.8 Å². The summed E-state index contributed by atoms with van der Waals surface area (Å²) in [6.45, 7) is 8.68. The molecule has 2 saturated heterocycles. The molecule has 2 aliphatic rings. The molecule has 58 heavy (non-hydrogen) atoms. The van der Waals surface area contributed by atoms with Crippen molar-refractivity contribution in [3.8, 4) is 33.6 Å². The van der Waals surface area contributed by atoms with Gasteiger partial charge in [0.1, 0.15) is 23.7 Å². The lowest BCUT2D eigenvalue weighted by Gasteiger charge is -2.33. The highest BCUT2D eigenvalue weighted by Gasteiger charge is 2.40. The summed E-state index contributed by atoms with van der Waals surface area (Å²) >= 11 is 0. The molecular formula is C44H52N8O6. The maximum absolute atomic E-state index is 13.6. The van der Waals surface area contributed by atoms with Gasteiger partial charge in [-0.15, -0.1) is 0 Å². The predicted molar refractivity (Wildman–Crippen MR) is 221 cm³/mol. The molecule has 2 fully saturated rings. The minimum atomic E-state index is -1.12. The molecule has 0 unspecified atom stereocenters. The summed E-state index contributed by atoms with van der Waals surface area (Å²) in [6, 6.07) is 19.0. The molecule has 0 aliphatic carbocycles. The van der Waals surface area contributed by atoms with Gasteiger partial charge >= 0.3 is 12.2 Å². The van der Waals surface area contributed by atoms with Crippen molar-refractivity contribution in [3.63, 3.8) is 0 Å². The second-order valence-electron chi connectivity index (χ2n) is 16.0. The maximum Gasteiger partial charge on any atom is 0.407 e. The minimum Gasteiger partial charge on any atom is -0.465 e. The number of carbonyl (C=O) groups excluding carboxylic acids is 3. The number of hydrogen-bond acceptors (Lipinski definition) is 7. The number of hydrogen-bond donors (Lipinski definition) is 4. The third-order valence-corrected chi connectivity index (χ3v) is 11.5. The summed E-state index contributed by atoms with van der Waals surface area (Å²) in [7, 11) is 2.74. The highest BCUT2D eigenvalue weighted by atomic mass is 16.5. The van der Waals surface area contributed by atoms with Crippen molar-refractivity contribution in [2.45, 2.75) is 77.5 Å². The topological polar surface area (TPSA) is 177 Å². The number of ether oxygens (including phenoxy) is 1. The highest BCUT2D eigenvalue weighted by Crippen LogP contribution is 2.36. The number of alkyl carbamates (subject to hydrolysis) is 1. The van der Waals surface area contributed by atoms with Crippen LogP contribution in [0.4, 0.5) is 9.59 Å². The van der Waals surface area contributed by atoms with Gasteiger partial charge in [-0.25, -0.2) is 19.6 Å². The number of benzene rings is 3. The Morgan fingerprint density at radius 2 is 1.24 bits per heavy atom. The summed E-state index contributed by atoms with van der Waals surface area (Å²) in [5.74, 6) is 0.810. The van der Waals surface area contributed by atoms with Crippen LogP contribution < -0.4 is 5.32 Å². The van der Waals surface area contributed by atoms with Gasteiger partial charge in [0.2, 0.25) is 11.8 Å². The zero-order chi connectivity index (χ0) is 41.2. The standard InChI is InChI=1S/C44H52N8O6/c1-25(2)37(49-43(55)58-6)41(53)51-19-7-9-35(51)39-46-24-34(48-39)32-18-17-30-21-29(15-16-31(30)22-32)27-11-13-28(14-12-27)33-23-45-40(47-33)36-10-8-20-52(36)42(54)38(26(3)4)50(5)44(56)57/h11-18,21-26,35-38H,7-10,19-20H2,1-6H3,(H,45,47)(H,46,48)(H,49,55)(H,56,57)/t35-,36-,37-,38-/m0/s1. The first-order valence-electron chi connectivity index (χ1n) is 20.0. The Morgan fingerprint density at radius 3 is 1.78 bits per heavy atom. The van der Waals surface area contributed by atoms with Crippen LogP contribution in [0.2, 0.25) is 0 Å². The number of H-pyrrole nitrogens is 2. The van der Waals surface area contributed by atoms with E-state index in [4.69, 9.17) is 14.7 Å². The van der Waals surface area contributed by atoms with Gasteiger partial charge in [-0.05, 0) is 71.6 Å². The Kier molecular flexibility index (Phi) is 11.6. The average Bonchev–Trinajstić information content (AvgIpc) is 4.06. The lowest BCUT2D eigenvalue weighted by atomic mass is 9.98. The molecule has 14 heteroatoms. The van der Waals surface area contributed by atoms with Crippen LogP contribution in [0.25, 0.3) is 44.4 Å². The van der Waals surface area contributed by atoms with Crippen LogP contribution in [0.5, 0.6) is 0 Å². The highest BCUT2D eigenvalue weighted by molar-refractivity contribution is 5.91. The fourth-order valence-electron chi connectivity index (χ4n) is 8.42.